The molecule has 0 saturated heterocycles. The van der Waals surface area contributed by atoms with Crippen molar-refractivity contribution < 1.29 is 22.4 Å². The number of carbonyl (C=O) groups is 1. The zero-order valence-electron chi connectivity index (χ0n) is 15.4. The number of halogens is 1. The van der Waals surface area contributed by atoms with E-state index in [4.69, 9.17) is 4.84 Å². The molecule has 1 amide bonds. The highest BCUT2D eigenvalue weighted by Crippen LogP contribution is 2.19. The Morgan fingerprint density at radius 2 is 2.00 bits per heavy atom. The highest BCUT2D eigenvalue weighted by molar-refractivity contribution is 7.89. The van der Waals surface area contributed by atoms with Gasteiger partial charge in [-0.3, -0.25) is 4.79 Å². The fourth-order valence-electron chi connectivity index (χ4n) is 2.37. The molecule has 1 heterocycles. The Bertz CT molecular complexity index is 1140. The summed E-state index contributed by atoms with van der Waals surface area (Å²) in [7, 11) is -0.822. The average Bonchev–Trinajstić information content (AvgIpc) is 3.04. The number of anilines is 1. The SMILES string of the molecule is Cc1ccc(NC(=O)COn2nnc3ccc(S(=O)(=O)N(C)C)cc32)c(F)c1. The first kappa shape index (κ1) is 19.7. The van der Waals surface area contributed by atoms with Crippen molar-refractivity contribution >= 4 is 32.7 Å². The first-order valence-electron chi connectivity index (χ1n) is 8.16. The monoisotopic (exact) mass is 407 g/mol. The predicted molar refractivity (Wildman–Crippen MR) is 99.6 cm³/mol. The molecule has 0 atom stereocenters. The molecule has 11 heteroatoms. The second-order valence-corrected chi connectivity index (χ2v) is 8.36. The van der Waals surface area contributed by atoms with E-state index >= 15 is 0 Å². The van der Waals surface area contributed by atoms with Crippen LogP contribution in [0.25, 0.3) is 11.0 Å². The molecular weight excluding hydrogens is 389 g/mol. The van der Waals surface area contributed by atoms with Gasteiger partial charge in [0.15, 0.2) is 6.61 Å². The van der Waals surface area contributed by atoms with Crippen LogP contribution in [0.2, 0.25) is 0 Å². The van der Waals surface area contributed by atoms with Crippen LogP contribution in [0.15, 0.2) is 41.3 Å². The van der Waals surface area contributed by atoms with Crippen LogP contribution in [0.3, 0.4) is 0 Å². The number of aryl methyl sites for hydroxylation is 1. The summed E-state index contributed by atoms with van der Waals surface area (Å²) in [4.78, 5) is 18.3. The number of carbonyl (C=O) groups excluding carboxylic acids is 1. The second-order valence-electron chi connectivity index (χ2n) is 6.21. The summed E-state index contributed by atoms with van der Waals surface area (Å²) in [5.74, 6) is -1.17. The Morgan fingerprint density at radius 1 is 1.25 bits per heavy atom. The van der Waals surface area contributed by atoms with E-state index in [2.05, 4.69) is 15.6 Å². The third kappa shape index (κ3) is 3.94. The Balaban J connectivity index is 1.76. The van der Waals surface area contributed by atoms with Gasteiger partial charge >= 0.3 is 0 Å². The Morgan fingerprint density at radius 3 is 2.68 bits per heavy atom. The Kier molecular flexibility index (Phi) is 5.29. The lowest BCUT2D eigenvalue weighted by Gasteiger charge is -2.11. The van der Waals surface area contributed by atoms with E-state index < -0.39 is 28.4 Å². The van der Waals surface area contributed by atoms with Crippen molar-refractivity contribution in [2.45, 2.75) is 11.8 Å². The van der Waals surface area contributed by atoms with Gasteiger partial charge in [-0.05, 0) is 48.0 Å². The number of sulfonamides is 1. The first-order chi connectivity index (χ1) is 13.2. The summed E-state index contributed by atoms with van der Waals surface area (Å²) in [6, 6.07) is 8.66. The minimum absolute atomic E-state index is 0.0296. The minimum atomic E-state index is -3.66. The predicted octanol–water partition coefficient (Wildman–Crippen LogP) is 1.20. The fraction of sp³-hybridized carbons (Fsp3) is 0.235. The molecule has 1 aromatic heterocycles. The molecule has 0 bridgehead atoms. The number of hydrogen-bond acceptors (Lipinski definition) is 6. The molecular formula is C17H18FN5O4S. The van der Waals surface area contributed by atoms with Gasteiger partial charge in [-0.1, -0.05) is 10.9 Å². The maximum absolute atomic E-state index is 13.8. The van der Waals surface area contributed by atoms with Crippen LogP contribution in [0.1, 0.15) is 5.56 Å². The lowest BCUT2D eigenvalue weighted by atomic mass is 10.2. The van der Waals surface area contributed by atoms with E-state index in [0.717, 1.165) is 14.7 Å². The van der Waals surface area contributed by atoms with Crippen LogP contribution in [0.4, 0.5) is 10.1 Å². The second kappa shape index (κ2) is 7.52. The van der Waals surface area contributed by atoms with Crippen molar-refractivity contribution in [3.05, 3.63) is 47.8 Å². The summed E-state index contributed by atoms with van der Waals surface area (Å²) >= 11 is 0. The van der Waals surface area contributed by atoms with Gasteiger partial charge in [-0.15, -0.1) is 5.10 Å². The molecule has 0 aliphatic heterocycles. The molecule has 0 fully saturated rings. The maximum atomic E-state index is 13.8. The number of aromatic nitrogens is 3. The van der Waals surface area contributed by atoms with Crippen LogP contribution < -0.4 is 10.2 Å². The number of hydrogen-bond donors (Lipinski definition) is 1. The summed E-state index contributed by atoms with van der Waals surface area (Å²) in [5, 5.41) is 10.0. The normalized spacial score (nSPS) is 11.8. The van der Waals surface area contributed by atoms with Crippen molar-refractivity contribution in [1.82, 2.24) is 19.5 Å². The third-order valence-electron chi connectivity index (χ3n) is 3.88. The molecule has 3 rings (SSSR count). The van der Waals surface area contributed by atoms with E-state index in [9.17, 15) is 17.6 Å². The molecule has 3 aromatic rings. The van der Waals surface area contributed by atoms with Crippen LogP contribution >= 0.6 is 0 Å². The molecule has 0 unspecified atom stereocenters. The van der Waals surface area contributed by atoms with Crippen molar-refractivity contribution in [2.75, 3.05) is 26.0 Å². The van der Waals surface area contributed by atoms with Crippen molar-refractivity contribution in [1.29, 1.82) is 0 Å². The topological polar surface area (TPSA) is 106 Å². The summed E-state index contributed by atoms with van der Waals surface area (Å²) in [5.41, 5.74) is 1.42. The number of benzene rings is 2. The molecule has 148 valence electrons. The molecule has 0 aliphatic rings. The van der Waals surface area contributed by atoms with Gasteiger partial charge in [0, 0.05) is 14.1 Å². The van der Waals surface area contributed by atoms with E-state index in [1.165, 1.54) is 44.4 Å². The zero-order chi connectivity index (χ0) is 20.5. The third-order valence-corrected chi connectivity index (χ3v) is 5.69. The fourth-order valence-corrected chi connectivity index (χ4v) is 3.29. The van der Waals surface area contributed by atoms with Crippen molar-refractivity contribution in [3.8, 4) is 0 Å². The largest absolute Gasteiger partial charge is 0.385 e. The standard InChI is InChI=1S/C17H18FN5O4S/c1-11-4-6-14(13(18)8-11)19-17(24)10-27-23-16-9-12(28(25,26)22(2)3)5-7-15(16)20-21-23/h4-9H,10H2,1-3H3,(H,19,24). The smallest absolute Gasteiger partial charge is 0.265 e. The molecule has 0 radical (unpaired) electrons. The molecule has 28 heavy (non-hydrogen) atoms. The Hall–Kier alpha value is -3.05. The Labute approximate surface area is 160 Å². The molecule has 2 aromatic carbocycles. The maximum Gasteiger partial charge on any atom is 0.265 e. The lowest BCUT2D eigenvalue weighted by Crippen LogP contribution is -2.26. The van der Waals surface area contributed by atoms with Gasteiger partial charge in [0.1, 0.15) is 16.9 Å². The number of rotatable bonds is 6. The van der Waals surface area contributed by atoms with E-state index in [0.29, 0.717) is 5.52 Å². The van der Waals surface area contributed by atoms with Gasteiger partial charge in [0.2, 0.25) is 10.0 Å². The summed E-state index contributed by atoms with van der Waals surface area (Å²) < 4.78 is 39.4. The number of nitrogens with zero attached hydrogens (tertiary/aromatic N) is 4. The number of amides is 1. The van der Waals surface area contributed by atoms with Crippen LogP contribution in [-0.4, -0.2) is 54.5 Å². The van der Waals surface area contributed by atoms with E-state index in [1.807, 2.05) is 0 Å². The first-order valence-corrected chi connectivity index (χ1v) is 9.60. The molecule has 9 nitrogen and oxygen atoms in total. The van der Waals surface area contributed by atoms with Gasteiger partial charge in [0.25, 0.3) is 5.91 Å². The summed E-state index contributed by atoms with van der Waals surface area (Å²) in [6.45, 7) is 1.26. The van der Waals surface area contributed by atoms with Crippen LogP contribution in [0.5, 0.6) is 0 Å². The quantitative estimate of drug-likeness (QED) is 0.658. The molecule has 1 N–H and O–H groups in total. The number of nitrogens with one attached hydrogen (secondary N) is 1. The lowest BCUT2D eigenvalue weighted by molar-refractivity contribution is -0.121. The summed E-state index contributed by atoms with van der Waals surface area (Å²) in [6.07, 6.45) is 0. The minimum Gasteiger partial charge on any atom is -0.385 e. The van der Waals surface area contributed by atoms with Gasteiger partial charge in [0.05, 0.1) is 10.6 Å². The van der Waals surface area contributed by atoms with Gasteiger partial charge < -0.3 is 10.2 Å². The van der Waals surface area contributed by atoms with Crippen molar-refractivity contribution in [3.63, 3.8) is 0 Å². The number of fused-ring (bicyclic) bond motifs is 1. The van der Waals surface area contributed by atoms with Crippen molar-refractivity contribution in [2.24, 2.45) is 0 Å². The van der Waals surface area contributed by atoms with Crippen LogP contribution in [-0.2, 0) is 14.8 Å². The van der Waals surface area contributed by atoms with Crippen LogP contribution in [0, 0.1) is 12.7 Å². The highest BCUT2D eigenvalue weighted by Gasteiger charge is 2.19. The molecule has 0 spiro atoms. The average molecular weight is 407 g/mol. The van der Waals surface area contributed by atoms with Gasteiger partial charge in [-0.25, -0.2) is 17.1 Å². The highest BCUT2D eigenvalue weighted by atomic mass is 32.2. The van der Waals surface area contributed by atoms with Gasteiger partial charge in [-0.2, -0.15) is 0 Å². The molecule has 0 saturated carbocycles. The van der Waals surface area contributed by atoms with E-state index in [-0.39, 0.29) is 16.1 Å². The molecule has 0 aliphatic carbocycles. The van der Waals surface area contributed by atoms with E-state index in [1.54, 1.807) is 13.0 Å². The zero-order valence-corrected chi connectivity index (χ0v) is 16.2.